The van der Waals surface area contributed by atoms with E-state index < -0.39 is 0 Å². The van der Waals surface area contributed by atoms with Crippen molar-refractivity contribution in [2.24, 2.45) is 0 Å². The van der Waals surface area contributed by atoms with Crippen LogP contribution < -0.4 is 9.47 Å². The Bertz CT molecular complexity index is 1120. The van der Waals surface area contributed by atoms with Crippen LogP contribution in [0.1, 0.15) is 45.9 Å². The van der Waals surface area contributed by atoms with Crippen molar-refractivity contribution >= 4 is 31.9 Å². The van der Waals surface area contributed by atoms with Crippen molar-refractivity contribution in [3.8, 4) is 11.5 Å². The highest BCUT2D eigenvalue weighted by Gasteiger charge is 2.52. The maximum Gasteiger partial charge on any atom is 0.118 e. The molecule has 2 nitrogen and oxygen atoms in total. The van der Waals surface area contributed by atoms with E-state index >= 15 is 0 Å². The fraction of sp³-hybridized carbons (Fsp3) is 0.200. The number of hydrogen-bond acceptors (Lipinski definition) is 2. The summed E-state index contributed by atoms with van der Waals surface area (Å²) >= 11 is 7.22. The molecule has 172 valence electrons. The summed E-state index contributed by atoms with van der Waals surface area (Å²) < 4.78 is 13.1. The van der Waals surface area contributed by atoms with E-state index in [-0.39, 0.29) is 0 Å². The van der Waals surface area contributed by atoms with Gasteiger partial charge < -0.3 is 9.47 Å². The smallest absolute Gasteiger partial charge is 0.118 e. The lowest BCUT2D eigenvalue weighted by molar-refractivity contribution is 0.228. The minimum Gasteiger partial charge on any atom is -0.497 e. The van der Waals surface area contributed by atoms with Gasteiger partial charge in [0.05, 0.1) is 14.2 Å². The molecule has 1 saturated carbocycles. The Morgan fingerprint density at radius 2 is 0.647 bits per heavy atom. The monoisotopic (exact) mass is 576 g/mol. The van der Waals surface area contributed by atoms with Gasteiger partial charge in [0, 0.05) is 8.95 Å². The van der Waals surface area contributed by atoms with Crippen LogP contribution >= 0.6 is 31.9 Å². The lowest BCUT2D eigenvalue weighted by Crippen LogP contribution is -2.40. The number of hydrogen-bond donors (Lipinski definition) is 0. The van der Waals surface area contributed by atoms with Crippen LogP contribution in [0.15, 0.2) is 106 Å². The summed E-state index contributed by atoms with van der Waals surface area (Å²) in [4.78, 5) is 0. The van der Waals surface area contributed by atoms with Crippen molar-refractivity contribution in [3.05, 3.63) is 128 Å². The molecule has 4 aromatic rings. The van der Waals surface area contributed by atoms with E-state index in [1.165, 1.54) is 22.3 Å². The zero-order valence-corrected chi connectivity index (χ0v) is 22.3. The SMILES string of the molecule is COc1ccc(C2C(c3ccc(Br)cc3)C(c3ccc(OC)cc3)C2c2ccc(Br)cc2)cc1. The van der Waals surface area contributed by atoms with Crippen molar-refractivity contribution < 1.29 is 9.47 Å². The Labute approximate surface area is 218 Å². The van der Waals surface area contributed by atoms with Gasteiger partial charge in [-0.25, -0.2) is 0 Å². The number of benzene rings is 4. The van der Waals surface area contributed by atoms with Gasteiger partial charge in [-0.1, -0.05) is 80.4 Å². The molecule has 5 rings (SSSR count). The molecule has 0 aromatic heterocycles. The third-order valence-corrected chi connectivity index (χ3v) is 8.12. The van der Waals surface area contributed by atoms with Crippen molar-refractivity contribution in [3.63, 3.8) is 0 Å². The van der Waals surface area contributed by atoms with Gasteiger partial charge in [-0.05, 0) is 94.5 Å². The highest BCUT2D eigenvalue weighted by molar-refractivity contribution is 9.10. The zero-order chi connectivity index (χ0) is 23.7. The van der Waals surface area contributed by atoms with E-state index in [1.54, 1.807) is 14.2 Å². The van der Waals surface area contributed by atoms with Crippen LogP contribution in [0, 0.1) is 0 Å². The van der Waals surface area contributed by atoms with E-state index in [0.717, 1.165) is 20.4 Å². The van der Waals surface area contributed by atoms with E-state index in [2.05, 4.69) is 129 Å². The number of methoxy groups -OCH3 is 2. The molecule has 1 aliphatic carbocycles. The summed E-state index contributed by atoms with van der Waals surface area (Å²) in [6.07, 6.45) is 0. The molecule has 4 aromatic carbocycles. The first-order valence-electron chi connectivity index (χ1n) is 11.4. The van der Waals surface area contributed by atoms with Gasteiger partial charge >= 0.3 is 0 Å². The summed E-state index contributed by atoms with van der Waals surface area (Å²) in [7, 11) is 3.43. The average Bonchev–Trinajstić information content (AvgIpc) is 2.87. The summed E-state index contributed by atoms with van der Waals surface area (Å²) in [5.74, 6) is 3.16. The molecule has 0 spiro atoms. The average molecular weight is 578 g/mol. The van der Waals surface area contributed by atoms with Crippen molar-refractivity contribution in [1.82, 2.24) is 0 Å². The predicted octanol–water partition coefficient (Wildman–Crippen LogP) is 8.68. The largest absolute Gasteiger partial charge is 0.497 e. The van der Waals surface area contributed by atoms with Gasteiger partial charge in [0.1, 0.15) is 11.5 Å². The highest BCUT2D eigenvalue weighted by atomic mass is 79.9. The fourth-order valence-electron chi connectivity index (χ4n) is 5.43. The van der Waals surface area contributed by atoms with Gasteiger partial charge in [0.15, 0.2) is 0 Å². The van der Waals surface area contributed by atoms with Crippen molar-refractivity contribution in [2.75, 3.05) is 14.2 Å². The van der Waals surface area contributed by atoms with Crippen LogP contribution in [0.25, 0.3) is 0 Å². The van der Waals surface area contributed by atoms with Gasteiger partial charge in [-0.15, -0.1) is 0 Å². The molecule has 0 atom stereocenters. The topological polar surface area (TPSA) is 18.5 Å². The molecule has 0 saturated heterocycles. The Morgan fingerprint density at radius 3 is 0.882 bits per heavy atom. The Kier molecular flexibility index (Phi) is 6.80. The van der Waals surface area contributed by atoms with E-state index in [4.69, 9.17) is 9.47 Å². The summed E-state index contributed by atoms with van der Waals surface area (Å²) in [5.41, 5.74) is 5.40. The Balaban J connectivity index is 1.65. The van der Waals surface area contributed by atoms with E-state index in [9.17, 15) is 0 Å². The van der Waals surface area contributed by atoms with Crippen LogP contribution in [0.4, 0.5) is 0 Å². The first-order chi connectivity index (χ1) is 16.6. The fourth-order valence-corrected chi connectivity index (χ4v) is 5.96. The number of ether oxygens (including phenoxy) is 2. The normalized spacial score (nSPS) is 21.5. The third-order valence-electron chi connectivity index (χ3n) is 7.06. The molecule has 0 unspecified atom stereocenters. The minimum atomic E-state index is 0.348. The third kappa shape index (κ3) is 4.42. The van der Waals surface area contributed by atoms with Crippen LogP contribution in [0.5, 0.6) is 11.5 Å². The molecule has 0 amide bonds. The second-order valence-corrected chi connectivity index (χ2v) is 10.6. The van der Waals surface area contributed by atoms with Crippen molar-refractivity contribution in [1.29, 1.82) is 0 Å². The van der Waals surface area contributed by atoms with Crippen LogP contribution in [-0.2, 0) is 0 Å². The molecule has 0 heterocycles. The lowest BCUT2D eigenvalue weighted by atomic mass is 9.49. The maximum absolute atomic E-state index is 5.44. The molecule has 0 radical (unpaired) electrons. The molecular formula is C30H26Br2O2. The maximum atomic E-state index is 5.44. The second-order valence-electron chi connectivity index (χ2n) is 8.75. The summed E-state index contributed by atoms with van der Waals surface area (Å²) in [5, 5.41) is 0. The molecule has 1 fully saturated rings. The lowest BCUT2D eigenvalue weighted by Gasteiger charge is -2.54. The van der Waals surface area contributed by atoms with Crippen molar-refractivity contribution in [2.45, 2.75) is 23.7 Å². The zero-order valence-electron chi connectivity index (χ0n) is 19.1. The van der Waals surface area contributed by atoms with Gasteiger partial charge in [0.2, 0.25) is 0 Å². The number of halogens is 2. The Morgan fingerprint density at radius 1 is 0.412 bits per heavy atom. The second kappa shape index (κ2) is 9.97. The molecule has 0 aliphatic heterocycles. The van der Waals surface area contributed by atoms with Crippen LogP contribution in [-0.4, -0.2) is 14.2 Å². The van der Waals surface area contributed by atoms with Crippen LogP contribution in [0.2, 0.25) is 0 Å². The highest BCUT2D eigenvalue weighted by Crippen LogP contribution is 2.66. The standard InChI is InChI=1S/C30H26Br2O2/c1-33-25-15-7-21(8-16-25)29-27(19-3-11-23(31)12-4-19)30(22-9-17-26(34-2)18-10-22)28(29)20-5-13-24(32)14-6-20/h3-18,27-30H,1-2H3. The Hall–Kier alpha value is -2.56. The molecule has 34 heavy (non-hydrogen) atoms. The first-order valence-corrected chi connectivity index (χ1v) is 13.0. The minimum absolute atomic E-state index is 0.348. The number of rotatable bonds is 6. The first kappa shape index (κ1) is 23.2. The molecule has 0 N–H and O–H groups in total. The predicted molar refractivity (Wildman–Crippen MR) is 145 cm³/mol. The van der Waals surface area contributed by atoms with Gasteiger partial charge in [0.25, 0.3) is 0 Å². The quantitative estimate of drug-likeness (QED) is 0.228. The van der Waals surface area contributed by atoms with Gasteiger partial charge in [-0.2, -0.15) is 0 Å². The van der Waals surface area contributed by atoms with Crippen LogP contribution in [0.3, 0.4) is 0 Å². The summed E-state index contributed by atoms with van der Waals surface area (Å²) in [6, 6.07) is 34.9. The summed E-state index contributed by atoms with van der Waals surface area (Å²) in [6.45, 7) is 0. The molecule has 4 heteroatoms. The molecule has 0 bridgehead atoms. The van der Waals surface area contributed by atoms with Gasteiger partial charge in [-0.3, -0.25) is 0 Å². The molecular weight excluding hydrogens is 552 g/mol. The van der Waals surface area contributed by atoms with E-state index in [0.29, 0.717) is 23.7 Å². The molecule has 1 aliphatic rings. The van der Waals surface area contributed by atoms with E-state index in [1.807, 2.05) is 0 Å².